The highest BCUT2D eigenvalue weighted by atomic mass is 32.1. The van der Waals surface area contributed by atoms with E-state index in [0.717, 1.165) is 19.3 Å². The van der Waals surface area contributed by atoms with Gasteiger partial charge in [-0.3, -0.25) is 4.79 Å². The van der Waals surface area contributed by atoms with Crippen molar-refractivity contribution in [3.8, 4) is 0 Å². The van der Waals surface area contributed by atoms with Gasteiger partial charge in [0, 0.05) is 17.2 Å². The van der Waals surface area contributed by atoms with Crippen molar-refractivity contribution < 1.29 is 4.79 Å². The second-order valence-corrected chi connectivity index (χ2v) is 4.91. The summed E-state index contributed by atoms with van der Waals surface area (Å²) < 4.78 is 0. The summed E-state index contributed by atoms with van der Waals surface area (Å²) >= 11 is 1.72. The van der Waals surface area contributed by atoms with Gasteiger partial charge in [0.05, 0.1) is 0 Å². The number of carbonyl (C=O) groups is 1. The number of carbonyl (C=O) groups excluding carboxylic acids is 1. The maximum absolute atomic E-state index is 11.7. The van der Waals surface area contributed by atoms with Crippen LogP contribution in [-0.4, -0.2) is 12.3 Å². The number of Topliss-reactive ketones (excluding diaryl/α,β-unsaturated/α-hetero) is 1. The molecule has 2 N–H and O–H groups in total. The van der Waals surface area contributed by atoms with E-state index < -0.39 is 0 Å². The molecule has 1 aromatic heterocycles. The van der Waals surface area contributed by atoms with Crippen molar-refractivity contribution in [2.24, 2.45) is 11.7 Å². The van der Waals surface area contributed by atoms with E-state index in [4.69, 9.17) is 5.73 Å². The molecule has 1 rings (SSSR count). The van der Waals surface area contributed by atoms with Crippen molar-refractivity contribution in [2.45, 2.75) is 32.6 Å². The predicted molar refractivity (Wildman–Crippen MR) is 65.1 cm³/mol. The summed E-state index contributed by atoms with van der Waals surface area (Å²) in [6.45, 7) is 2.69. The van der Waals surface area contributed by atoms with Crippen LogP contribution in [0, 0.1) is 5.92 Å². The molecule has 1 atom stereocenters. The zero-order valence-corrected chi connectivity index (χ0v) is 10.1. The Morgan fingerprint density at radius 1 is 1.60 bits per heavy atom. The van der Waals surface area contributed by atoms with E-state index in [1.165, 1.54) is 4.88 Å². The zero-order chi connectivity index (χ0) is 11.1. The van der Waals surface area contributed by atoms with Crippen LogP contribution in [0.2, 0.25) is 0 Å². The number of rotatable bonds is 7. The van der Waals surface area contributed by atoms with Crippen molar-refractivity contribution in [1.82, 2.24) is 0 Å². The van der Waals surface area contributed by atoms with Crippen molar-refractivity contribution in [1.29, 1.82) is 0 Å². The first-order valence-corrected chi connectivity index (χ1v) is 6.37. The van der Waals surface area contributed by atoms with Crippen molar-refractivity contribution in [3.63, 3.8) is 0 Å². The molecule has 0 amide bonds. The molecule has 15 heavy (non-hydrogen) atoms. The first kappa shape index (κ1) is 12.4. The lowest BCUT2D eigenvalue weighted by molar-refractivity contribution is -0.122. The van der Waals surface area contributed by atoms with Gasteiger partial charge >= 0.3 is 0 Å². The summed E-state index contributed by atoms with van der Waals surface area (Å²) in [6, 6.07) is 4.12. The van der Waals surface area contributed by atoms with Gasteiger partial charge in [-0.1, -0.05) is 13.0 Å². The number of aryl methyl sites for hydroxylation is 1. The number of hydrogen-bond acceptors (Lipinski definition) is 3. The molecule has 0 aliphatic carbocycles. The molecular formula is C12H19NOS. The smallest absolute Gasteiger partial charge is 0.136 e. The molecule has 0 aliphatic rings. The van der Waals surface area contributed by atoms with Gasteiger partial charge in [-0.25, -0.2) is 0 Å². The van der Waals surface area contributed by atoms with Crippen LogP contribution in [0.15, 0.2) is 17.5 Å². The quantitative estimate of drug-likeness (QED) is 0.775. The highest BCUT2D eigenvalue weighted by molar-refractivity contribution is 7.09. The standard InChI is InChI=1S/C12H19NOS/c1-10(4-2-8-13)12(14)7-6-11-5-3-9-15-11/h3,5,9-10H,2,4,6-8,13H2,1H3. The highest BCUT2D eigenvalue weighted by Gasteiger charge is 2.12. The molecule has 1 unspecified atom stereocenters. The van der Waals surface area contributed by atoms with Crippen LogP contribution in [0.3, 0.4) is 0 Å². The van der Waals surface area contributed by atoms with E-state index in [1.807, 2.05) is 13.0 Å². The third-order valence-corrected chi connectivity index (χ3v) is 3.52. The first-order valence-electron chi connectivity index (χ1n) is 5.49. The summed E-state index contributed by atoms with van der Waals surface area (Å²) in [5.41, 5.74) is 5.42. The Bertz CT molecular complexity index is 282. The van der Waals surface area contributed by atoms with Gasteiger partial charge in [0.25, 0.3) is 0 Å². The van der Waals surface area contributed by atoms with E-state index in [0.29, 0.717) is 18.7 Å². The molecule has 1 heterocycles. The van der Waals surface area contributed by atoms with Crippen molar-refractivity contribution in [3.05, 3.63) is 22.4 Å². The van der Waals surface area contributed by atoms with Crippen LogP contribution in [0.4, 0.5) is 0 Å². The van der Waals surface area contributed by atoms with Gasteiger partial charge in [0.2, 0.25) is 0 Å². The topological polar surface area (TPSA) is 43.1 Å². The van der Waals surface area contributed by atoms with E-state index in [-0.39, 0.29) is 5.92 Å². The fourth-order valence-corrected chi connectivity index (χ4v) is 2.24. The third kappa shape index (κ3) is 4.58. The molecule has 0 spiro atoms. The van der Waals surface area contributed by atoms with Gasteiger partial charge < -0.3 is 5.73 Å². The van der Waals surface area contributed by atoms with Gasteiger partial charge in [0.15, 0.2) is 0 Å². The monoisotopic (exact) mass is 225 g/mol. The summed E-state index contributed by atoms with van der Waals surface area (Å²) in [5, 5.41) is 2.05. The zero-order valence-electron chi connectivity index (χ0n) is 9.24. The Balaban J connectivity index is 2.23. The maximum atomic E-state index is 11.7. The number of hydrogen-bond donors (Lipinski definition) is 1. The lowest BCUT2D eigenvalue weighted by atomic mass is 9.97. The Hall–Kier alpha value is -0.670. The molecule has 0 radical (unpaired) electrons. The van der Waals surface area contributed by atoms with Crippen LogP contribution < -0.4 is 5.73 Å². The summed E-state index contributed by atoms with van der Waals surface area (Å²) in [4.78, 5) is 13.0. The molecule has 0 fully saturated rings. The van der Waals surface area contributed by atoms with Crippen LogP contribution in [0.25, 0.3) is 0 Å². The van der Waals surface area contributed by atoms with E-state index in [1.54, 1.807) is 11.3 Å². The van der Waals surface area contributed by atoms with Gasteiger partial charge in [0.1, 0.15) is 5.78 Å². The molecule has 0 aromatic carbocycles. The Morgan fingerprint density at radius 2 is 2.40 bits per heavy atom. The molecule has 1 aromatic rings. The fourth-order valence-electron chi connectivity index (χ4n) is 1.53. The first-order chi connectivity index (χ1) is 7.24. The minimum absolute atomic E-state index is 0.175. The average molecular weight is 225 g/mol. The van der Waals surface area contributed by atoms with Crippen molar-refractivity contribution >= 4 is 17.1 Å². The molecule has 0 saturated heterocycles. The van der Waals surface area contributed by atoms with Crippen LogP contribution in [-0.2, 0) is 11.2 Å². The predicted octanol–water partition coefficient (Wildman–Crippen LogP) is 2.62. The van der Waals surface area contributed by atoms with Crippen LogP contribution in [0.1, 0.15) is 31.1 Å². The minimum Gasteiger partial charge on any atom is -0.330 e. The van der Waals surface area contributed by atoms with Gasteiger partial charge in [-0.2, -0.15) is 0 Å². The molecule has 2 nitrogen and oxygen atoms in total. The SMILES string of the molecule is CC(CCCN)C(=O)CCc1cccs1. The van der Waals surface area contributed by atoms with E-state index in [9.17, 15) is 4.79 Å². The summed E-state index contributed by atoms with van der Waals surface area (Å²) in [6.07, 6.45) is 3.45. The summed E-state index contributed by atoms with van der Waals surface area (Å²) in [5.74, 6) is 0.547. The lowest BCUT2D eigenvalue weighted by Gasteiger charge is -2.08. The van der Waals surface area contributed by atoms with Crippen molar-refractivity contribution in [2.75, 3.05) is 6.54 Å². The Kier molecular flexibility index (Phi) is 5.58. The number of nitrogens with two attached hydrogens (primary N) is 1. The number of ketones is 1. The normalized spacial score (nSPS) is 12.7. The molecular weight excluding hydrogens is 206 g/mol. The van der Waals surface area contributed by atoms with Crippen LogP contribution >= 0.6 is 11.3 Å². The van der Waals surface area contributed by atoms with E-state index in [2.05, 4.69) is 11.4 Å². The molecule has 0 aliphatic heterocycles. The second kappa shape index (κ2) is 6.75. The third-order valence-electron chi connectivity index (χ3n) is 2.59. The van der Waals surface area contributed by atoms with Gasteiger partial charge in [-0.15, -0.1) is 11.3 Å². The lowest BCUT2D eigenvalue weighted by Crippen LogP contribution is -2.13. The minimum atomic E-state index is 0.175. The molecule has 0 bridgehead atoms. The Morgan fingerprint density at radius 3 is 3.00 bits per heavy atom. The van der Waals surface area contributed by atoms with Crippen LogP contribution in [0.5, 0.6) is 0 Å². The molecule has 3 heteroatoms. The van der Waals surface area contributed by atoms with Gasteiger partial charge in [-0.05, 0) is 37.3 Å². The summed E-state index contributed by atoms with van der Waals surface area (Å²) in [7, 11) is 0. The largest absolute Gasteiger partial charge is 0.330 e. The maximum Gasteiger partial charge on any atom is 0.136 e. The molecule has 0 saturated carbocycles. The Labute approximate surface area is 95.5 Å². The fraction of sp³-hybridized carbons (Fsp3) is 0.583. The average Bonchev–Trinajstić information content (AvgIpc) is 2.75. The highest BCUT2D eigenvalue weighted by Crippen LogP contribution is 2.14. The van der Waals surface area contributed by atoms with E-state index >= 15 is 0 Å². The number of thiophene rings is 1. The molecule has 84 valence electrons. The second-order valence-electron chi connectivity index (χ2n) is 3.88.